The van der Waals surface area contributed by atoms with Crippen LogP contribution in [0, 0.1) is 0 Å². The van der Waals surface area contributed by atoms with E-state index in [9.17, 15) is 9.59 Å². The number of aromatic nitrogens is 2. The summed E-state index contributed by atoms with van der Waals surface area (Å²) in [6.45, 7) is 0. The summed E-state index contributed by atoms with van der Waals surface area (Å²) in [6.07, 6.45) is 0.114. The molecule has 0 amide bonds. The van der Waals surface area contributed by atoms with Gasteiger partial charge in [-0.3, -0.25) is 13.9 Å². The first-order chi connectivity index (χ1) is 6.86. The van der Waals surface area contributed by atoms with Crippen LogP contribution < -0.4 is 11.4 Å². The molecule has 0 saturated heterocycles. The van der Waals surface area contributed by atoms with Crippen LogP contribution in [0.5, 0.6) is 0 Å². The molecule has 84 valence electrons. The van der Waals surface area contributed by atoms with E-state index in [0.717, 1.165) is 0 Å². The first-order valence-electron chi connectivity index (χ1n) is 4.24. The molecule has 1 rings (SSSR count). The van der Waals surface area contributed by atoms with Gasteiger partial charge in [0, 0.05) is 20.5 Å². The van der Waals surface area contributed by atoms with Gasteiger partial charge in [0.25, 0.3) is 0 Å². The largest absolute Gasteiger partial charge is 0.480 e. The summed E-state index contributed by atoms with van der Waals surface area (Å²) in [5, 5.41) is 8.67. The van der Waals surface area contributed by atoms with Crippen LogP contribution in [0.1, 0.15) is 5.69 Å². The molecule has 0 aliphatic heterocycles. The standard InChI is InChI=1S/C8H12BrN3O3/c1-11-5(3-4(10)7(13)14)6(9)12(2)8(11)15/h4H,3,10H2,1-2H3,(H,13,14). The summed E-state index contributed by atoms with van der Waals surface area (Å²) in [5.74, 6) is -1.08. The zero-order valence-electron chi connectivity index (χ0n) is 8.40. The fourth-order valence-electron chi connectivity index (χ4n) is 1.27. The van der Waals surface area contributed by atoms with Gasteiger partial charge < -0.3 is 10.8 Å². The lowest BCUT2D eigenvalue weighted by Crippen LogP contribution is -2.33. The van der Waals surface area contributed by atoms with Gasteiger partial charge in [0.2, 0.25) is 0 Å². The lowest BCUT2D eigenvalue weighted by atomic mass is 10.2. The number of carbonyl (C=O) groups is 1. The molecule has 0 radical (unpaired) electrons. The van der Waals surface area contributed by atoms with Crippen LogP contribution in [0.2, 0.25) is 0 Å². The predicted octanol–water partition coefficient (Wildman–Crippen LogP) is -0.559. The average Bonchev–Trinajstić information content (AvgIpc) is 2.35. The molecule has 0 fully saturated rings. The van der Waals surface area contributed by atoms with E-state index in [1.165, 1.54) is 9.13 Å². The van der Waals surface area contributed by atoms with Gasteiger partial charge in [0.15, 0.2) is 0 Å². The van der Waals surface area contributed by atoms with Crippen molar-refractivity contribution in [3.8, 4) is 0 Å². The zero-order valence-corrected chi connectivity index (χ0v) is 9.98. The molecule has 3 N–H and O–H groups in total. The summed E-state index contributed by atoms with van der Waals surface area (Å²) in [7, 11) is 3.18. The molecule has 0 aliphatic carbocycles. The molecule has 0 aliphatic rings. The number of carboxylic acids is 1. The minimum absolute atomic E-state index is 0.114. The maximum atomic E-state index is 11.5. The third-order valence-corrected chi connectivity index (χ3v) is 3.23. The van der Waals surface area contributed by atoms with Gasteiger partial charge in [-0.1, -0.05) is 0 Å². The van der Waals surface area contributed by atoms with E-state index in [-0.39, 0.29) is 12.1 Å². The SMILES string of the molecule is Cn1c(Br)c(CC(N)C(=O)O)n(C)c1=O. The zero-order chi connectivity index (χ0) is 11.7. The van der Waals surface area contributed by atoms with E-state index >= 15 is 0 Å². The number of carboxylic acid groups (broad SMARTS) is 1. The quantitative estimate of drug-likeness (QED) is 0.775. The van der Waals surface area contributed by atoms with E-state index in [1.807, 2.05) is 0 Å². The molecule has 1 aromatic heterocycles. The number of imidazole rings is 1. The molecular weight excluding hydrogens is 266 g/mol. The first-order valence-corrected chi connectivity index (χ1v) is 5.04. The molecule has 0 aromatic carbocycles. The third kappa shape index (κ3) is 2.13. The molecule has 1 aromatic rings. The number of aliphatic carboxylic acids is 1. The Morgan fingerprint density at radius 2 is 2.07 bits per heavy atom. The number of hydrogen-bond donors (Lipinski definition) is 2. The normalized spacial score (nSPS) is 12.8. The Morgan fingerprint density at radius 1 is 1.53 bits per heavy atom. The molecule has 6 nitrogen and oxygen atoms in total. The molecule has 0 spiro atoms. The Labute approximate surface area is 94.4 Å². The summed E-state index contributed by atoms with van der Waals surface area (Å²) in [6, 6.07) is -1.01. The van der Waals surface area contributed by atoms with Gasteiger partial charge in [-0.05, 0) is 15.9 Å². The maximum absolute atomic E-state index is 11.5. The highest BCUT2D eigenvalue weighted by Crippen LogP contribution is 2.15. The number of rotatable bonds is 3. The second-order valence-electron chi connectivity index (χ2n) is 3.29. The van der Waals surface area contributed by atoms with E-state index in [1.54, 1.807) is 14.1 Å². The molecule has 15 heavy (non-hydrogen) atoms. The van der Waals surface area contributed by atoms with Gasteiger partial charge in [-0.2, -0.15) is 0 Å². The van der Waals surface area contributed by atoms with Crippen LogP contribution >= 0.6 is 15.9 Å². The van der Waals surface area contributed by atoms with Crippen molar-refractivity contribution in [1.29, 1.82) is 0 Å². The highest BCUT2D eigenvalue weighted by molar-refractivity contribution is 9.10. The van der Waals surface area contributed by atoms with Crippen molar-refractivity contribution in [2.45, 2.75) is 12.5 Å². The fraction of sp³-hybridized carbons (Fsp3) is 0.500. The van der Waals surface area contributed by atoms with Crippen molar-refractivity contribution < 1.29 is 9.90 Å². The fourth-order valence-corrected chi connectivity index (χ4v) is 1.85. The number of nitrogens with two attached hydrogens (primary N) is 1. The van der Waals surface area contributed by atoms with Crippen LogP contribution in [0.3, 0.4) is 0 Å². The van der Waals surface area contributed by atoms with Crippen LogP contribution in [0.25, 0.3) is 0 Å². The van der Waals surface area contributed by atoms with E-state index in [0.29, 0.717) is 10.3 Å². The number of hydrogen-bond acceptors (Lipinski definition) is 3. The Hall–Kier alpha value is -1.08. The summed E-state index contributed by atoms with van der Waals surface area (Å²) < 4.78 is 3.34. The number of halogens is 1. The Kier molecular flexibility index (Phi) is 3.35. The Morgan fingerprint density at radius 3 is 2.40 bits per heavy atom. The van der Waals surface area contributed by atoms with Crippen LogP contribution in [0.15, 0.2) is 9.40 Å². The second kappa shape index (κ2) is 4.19. The van der Waals surface area contributed by atoms with Crippen molar-refractivity contribution in [3.63, 3.8) is 0 Å². The Balaban J connectivity index is 3.11. The molecule has 7 heteroatoms. The van der Waals surface area contributed by atoms with Gasteiger partial charge in [-0.25, -0.2) is 4.79 Å². The predicted molar refractivity (Wildman–Crippen MR) is 57.7 cm³/mol. The van der Waals surface area contributed by atoms with Crippen molar-refractivity contribution in [1.82, 2.24) is 9.13 Å². The van der Waals surface area contributed by atoms with Gasteiger partial charge in [0.1, 0.15) is 10.6 Å². The summed E-state index contributed by atoms with van der Waals surface area (Å²) in [5.41, 5.74) is 5.77. The second-order valence-corrected chi connectivity index (χ2v) is 4.04. The highest BCUT2D eigenvalue weighted by Gasteiger charge is 2.19. The van der Waals surface area contributed by atoms with Crippen LogP contribution in [-0.4, -0.2) is 26.3 Å². The summed E-state index contributed by atoms with van der Waals surface area (Å²) in [4.78, 5) is 22.1. The maximum Gasteiger partial charge on any atom is 0.328 e. The third-order valence-electron chi connectivity index (χ3n) is 2.24. The smallest absolute Gasteiger partial charge is 0.328 e. The van der Waals surface area contributed by atoms with Gasteiger partial charge in [-0.15, -0.1) is 0 Å². The van der Waals surface area contributed by atoms with E-state index in [4.69, 9.17) is 10.8 Å². The van der Waals surface area contributed by atoms with E-state index < -0.39 is 12.0 Å². The van der Waals surface area contributed by atoms with Crippen molar-refractivity contribution >= 4 is 21.9 Å². The summed E-state index contributed by atoms with van der Waals surface area (Å²) >= 11 is 3.22. The lowest BCUT2D eigenvalue weighted by Gasteiger charge is -2.06. The van der Waals surface area contributed by atoms with Crippen molar-refractivity contribution in [2.75, 3.05) is 0 Å². The van der Waals surface area contributed by atoms with Gasteiger partial charge in [0.05, 0.1) is 5.69 Å². The monoisotopic (exact) mass is 277 g/mol. The number of nitrogens with zero attached hydrogens (tertiary/aromatic N) is 2. The van der Waals surface area contributed by atoms with Crippen LogP contribution in [-0.2, 0) is 25.3 Å². The molecule has 0 saturated carbocycles. The first kappa shape index (κ1) is 12.0. The minimum Gasteiger partial charge on any atom is -0.480 e. The Bertz CT molecular complexity index is 449. The van der Waals surface area contributed by atoms with Crippen molar-refractivity contribution in [3.05, 3.63) is 20.8 Å². The molecule has 1 heterocycles. The van der Waals surface area contributed by atoms with Crippen LogP contribution in [0.4, 0.5) is 0 Å². The lowest BCUT2D eigenvalue weighted by molar-refractivity contribution is -0.138. The average molecular weight is 278 g/mol. The molecular formula is C8H12BrN3O3. The minimum atomic E-state index is -1.08. The van der Waals surface area contributed by atoms with Gasteiger partial charge >= 0.3 is 11.7 Å². The molecule has 0 bridgehead atoms. The molecule has 1 unspecified atom stereocenters. The van der Waals surface area contributed by atoms with E-state index in [2.05, 4.69) is 15.9 Å². The highest BCUT2D eigenvalue weighted by atomic mass is 79.9. The topological polar surface area (TPSA) is 90.2 Å². The molecule has 1 atom stereocenters. The van der Waals surface area contributed by atoms with Crippen molar-refractivity contribution in [2.24, 2.45) is 19.8 Å².